The molecule has 1 atom stereocenters. The summed E-state index contributed by atoms with van der Waals surface area (Å²) in [6.45, 7) is 2.48. The van der Waals surface area contributed by atoms with Crippen LogP contribution in [-0.2, 0) is 0 Å². The summed E-state index contributed by atoms with van der Waals surface area (Å²) in [6, 6.07) is 2.39. The number of nitrogens with zero attached hydrogens (tertiary/aromatic N) is 6. The molecule has 3 aromatic heterocycles. The van der Waals surface area contributed by atoms with Crippen molar-refractivity contribution in [2.24, 2.45) is 5.92 Å². The zero-order valence-electron chi connectivity index (χ0n) is 13.5. The van der Waals surface area contributed by atoms with E-state index in [0.717, 1.165) is 47.1 Å². The number of pyridine rings is 1. The molecule has 4 rings (SSSR count). The zero-order valence-corrected chi connectivity index (χ0v) is 15.1. The first-order valence-corrected chi connectivity index (χ1v) is 8.99. The summed E-state index contributed by atoms with van der Waals surface area (Å²) >= 11 is 3.32. The summed E-state index contributed by atoms with van der Waals surface area (Å²) in [6.07, 6.45) is 10.8. The molecule has 1 unspecified atom stereocenters. The van der Waals surface area contributed by atoms with Gasteiger partial charge in [0.05, 0.1) is 22.8 Å². The first-order valence-electron chi connectivity index (χ1n) is 8.19. The van der Waals surface area contributed by atoms with Gasteiger partial charge in [0.1, 0.15) is 12.1 Å². The summed E-state index contributed by atoms with van der Waals surface area (Å²) < 4.78 is 6.60. The molecule has 1 aliphatic heterocycles. The van der Waals surface area contributed by atoms with Crippen molar-refractivity contribution >= 4 is 32.7 Å². The zero-order chi connectivity index (χ0) is 17.1. The Morgan fingerprint density at radius 1 is 1.16 bits per heavy atom. The van der Waals surface area contributed by atoms with Gasteiger partial charge in [-0.25, -0.2) is 19.9 Å². The van der Waals surface area contributed by atoms with Crippen LogP contribution in [0.5, 0.6) is 6.01 Å². The molecule has 7 nitrogen and oxygen atoms in total. The minimum atomic E-state index is 0.410. The second-order valence-electron chi connectivity index (χ2n) is 6.04. The largest absolute Gasteiger partial charge is 0.463 e. The Bertz CT molecular complexity index is 854. The van der Waals surface area contributed by atoms with E-state index in [1.54, 1.807) is 31.1 Å². The lowest BCUT2D eigenvalue weighted by molar-refractivity contribution is 0.214. The molecular weight excluding hydrogens is 384 g/mol. The van der Waals surface area contributed by atoms with Gasteiger partial charge >= 0.3 is 6.01 Å². The minimum Gasteiger partial charge on any atom is -0.463 e. The SMILES string of the molecule is Brc1cnc(OCC2CCCN(c3ncnc4cnccc34)C2)nc1. The summed E-state index contributed by atoms with van der Waals surface area (Å²) in [5.41, 5.74) is 0.870. The maximum absolute atomic E-state index is 5.76. The van der Waals surface area contributed by atoms with E-state index in [1.165, 1.54) is 0 Å². The molecule has 128 valence electrons. The molecule has 0 aliphatic carbocycles. The second-order valence-corrected chi connectivity index (χ2v) is 6.95. The quantitative estimate of drug-likeness (QED) is 0.665. The van der Waals surface area contributed by atoms with Crippen molar-refractivity contribution in [2.45, 2.75) is 12.8 Å². The van der Waals surface area contributed by atoms with Crippen LogP contribution in [0.25, 0.3) is 10.9 Å². The van der Waals surface area contributed by atoms with Gasteiger partial charge in [-0.3, -0.25) is 4.98 Å². The summed E-state index contributed by atoms with van der Waals surface area (Å²) in [5.74, 6) is 1.38. The van der Waals surface area contributed by atoms with Crippen molar-refractivity contribution in [1.82, 2.24) is 24.9 Å². The predicted molar refractivity (Wildman–Crippen MR) is 97.5 cm³/mol. The van der Waals surface area contributed by atoms with Gasteiger partial charge in [-0.15, -0.1) is 0 Å². The Kier molecular flexibility index (Phi) is 4.69. The number of halogens is 1. The predicted octanol–water partition coefficient (Wildman–Crippen LogP) is 2.87. The Morgan fingerprint density at radius 3 is 2.92 bits per heavy atom. The maximum Gasteiger partial charge on any atom is 0.316 e. The highest BCUT2D eigenvalue weighted by Crippen LogP contribution is 2.27. The lowest BCUT2D eigenvalue weighted by Crippen LogP contribution is -2.38. The van der Waals surface area contributed by atoms with Crippen molar-refractivity contribution in [3.63, 3.8) is 0 Å². The maximum atomic E-state index is 5.76. The molecule has 1 saturated heterocycles. The van der Waals surface area contributed by atoms with E-state index in [-0.39, 0.29) is 0 Å². The number of ether oxygens (including phenoxy) is 1. The molecule has 0 saturated carbocycles. The van der Waals surface area contributed by atoms with Crippen LogP contribution in [0.2, 0.25) is 0 Å². The number of hydrogen-bond donors (Lipinski definition) is 0. The molecule has 0 N–H and O–H groups in total. The fraction of sp³-hybridized carbons (Fsp3) is 0.353. The van der Waals surface area contributed by atoms with Gasteiger partial charge < -0.3 is 9.64 Å². The van der Waals surface area contributed by atoms with Crippen LogP contribution in [0.4, 0.5) is 5.82 Å². The van der Waals surface area contributed by atoms with E-state index in [9.17, 15) is 0 Å². The van der Waals surface area contributed by atoms with Crippen LogP contribution < -0.4 is 9.64 Å². The molecule has 1 fully saturated rings. The number of hydrogen-bond acceptors (Lipinski definition) is 7. The molecule has 0 spiro atoms. The molecule has 4 heterocycles. The topological polar surface area (TPSA) is 76.9 Å². The number of piperidine rings is 1. The van der Waals surface area contributed by atoms with Crippen LogP contribution in [-0.4, -0.2) is 44.6 Å². The Morgan fingerprint density at radius 2 is 2.04 bits per heavy atom. The first-order chi connectivity index (χ1) is 12.3. The van der Waals surface area contributed by atoms with Gasteiger partial charge in [0.2, 0.25) is 0 Å². The van der Waals surface area contributed by atoms with Crippen molar-refractivity contribution in [1.29, 1.82) is 0 Å². The first kappa shape index (κ1) is 16.1. The van der Waals surface area contributed by atoms with E-state index in [0.29, 0.717) is 18.5 Å². The van der Waals surface area contributed by atoms with Crippen LogP contribution in [0.1, 0.15) is 12.8 Å². The minimum absolute atomic E-state index is 0.410. The molecule has 0 bridgehead atoms. The van der Waals surface area contributed by atoms with E-state index >= 15 is 0 Å². The third-order valence-corrected chi connectivity index (χ3v) is 4.69. The second kappa shape index (κ2) is 7.26. The number of anilines is 1. The van der Waals surface area contributed by atoms with E-state index < -0.39 is 0 Å². The normalized spacial score (nSPS) is 17.6. The number of rotatable bonds is 4. The fourth-order valence-corrected chi connectivity index (χ4v) is 3.31. The lowest BCUT2D eigenvalue weighted by Gasteiger charge is -2.33. The average Bonchev–Trinajstić information content (AvgIpc) is 2.67. The molecule has 8 heteroatoms. The average molecular weight is 401 g/mol. The van der Waals surface area contributed by atoms with Gasteiger partial charge in [-0.05, 0) is 34.8 Å². The molecule has 0 amide bonds. The van der Waals surface area contributed by atoms with Crippen LogP contribution >= 0.6 is 15.9 Å². The smallest absolute Gasteiger partial charge is 0.316 e. The van der Waals surface area contributed by atoms with E-state index in [1.807, 2.05) is 6.07 Å². The summed E-state index contributed by atoms with van der Waals surface area (Å²) in [5, 5.41) is 1.04. The van der Waals surface area contributed by atoms with Gasteiger partial charge in [0, 0.05) is 43.0 Å². The van der Waals surface area contributed by atoms with Crippen molar-refractivity contribution in [3.8, 4) is 6.01 Å². The summed E-state index contributed by atoms with van der Waals surface area (Å²) in [7, 11) is 0. The third kappa shape index (κ3) is 3.68. The molecule has 0 radical (unpaired) electrons. The van der Waals surface area contributed by atoms with Gasteiger partial charge in [0.25, 0.3) is 0 Å². The molecule has 1 aliphatic rings. The third-order valence-electron chi connectivity index (χ3n) is 4.28. The monoisotopic (exact) mass is 400 g/mol. The molecular formula is C17H17BrN6O. The van der Waals surface area contributed by atoms with Crippen LogP contribution in [0.3, 0.4) is 0 Å². The van der Waals surface area contributed by atoms with Crippen molar-refractivity contribution in [3.05, 3.63) is 41.7 Å². The van der Waals surface area contributed by atoms with E-state index in [4.69, 9.17) is 4.74 Å². The highest BCUT2D eigenvalue weighted by atomic mass is 79.9. The van der Waals surface area contributed by atoms with Crippen molar-refractivity contribution < 1.29 is 4.74 Å². The van der Waals surface area contributed by atoms with Gasteiger partial charge in [-0.1, -0.05) is 0 Å². The highest BCUT2D eigenvalue weighted by Gasteiger charge is 2.23. The van der Waals surface area contributed by atoms with Gasteiger partial charge in [-0.2, -0.15) is 0 Å². The Hall–Kier alpha value is -2.35. The Balaban J connectivity index is 1.46. The summed E-state index contributed by atoms with van der Waals surface area (Å²) in [4.78, 5) is 23.6. The standard InChI is InChI=1S/C17H17BrN6O/c18-13-6-20-17(21-7-13)25-10-12-2-1-5-24(9-12)16-14-3-4-19-8-15(14)22-11-23-16/h3-4,6-8,11-12H,1-2,5,9-10H2. The van der Waals surface area contributed by atoms with E-state index in [2.05, 4.69) is 45.7 Å². The van der Waals surface area contributed by atoms with Crippen LogP contribution in [0, 0.1) is 5.92 Å². The van der Waals surface area contributed by atoms with Crippen molar-refractivity contribution in [2.75, 3.05) is 24.6 Å². The van der Waals surface area contributed by atoms with Gasteiger partial charge in [0.15, 0.2) is 0 Å². The highest BCUT2D eigenvalue weighted by molar-refractivity contribution is 9.10. The fourth-order valence-electron chi connectivity index (χ4n) is 3.11. The van der Waals surface area contributed by atoms with Crippen LogP contribution in [0.15, 0.2) is 41.7 Å². The number of aromatic nitrogens is 5. The lowest BCUT2D eigenvalue weighted by atomic mass is 9.99. The molecule has 25 heavy (non-hydrogen) atoms. The molecule has 0 aromatic carbocycles. The molecule has 3 aromatic rings. The Labute approximate surface area is 153 Å². The number of fused-ring (bicyclic) bond motifs is 1.